The van der Waals surface area contributed by atoms with Gasteiger partial charge in [-0.25, -0.2) is 8.78 Å². The maximum Gasteiger partial charge on any atom is 0.303 e. The fraction of sp³-hybridized carbons (Fsp3) is 0.526. The number of carbonyl (C=O) groups is 3. The molecule has 2 saturated heterocycles. The van der Waals surface area contributed by atoms with Crippen LogP contribution < -0.4 is 4.90 Å². The van der Waals surface area contributed by atoms with E-state index in [0.29, 0.717) is 19.5 Å². The second-order valence-electron chi connectivity index (χ2n) is 7.23. The molecule has 0 saturated carbocycles. The molecule has 1 aromatic rings. The van der Waals surface area contributed by atoms with Crippen LogP contribution in [0.5, 0.6) is 0 Å². The molecule has 6 nitrogen and oxygen atoms in total. The Morgan fingerprint density at radius 3 is 2.70 bits per heavy atom. The van der Waals surface area contributed by atoms with E-state index in [-0.39, 0.29) is 42.8 Å². The third-order valence-corrected chi connectivity index (χ3v) is 5.27. The molecule has 27 heavy (non-hydrogen) atoms. The van der Waals surface area contributed by atoms with Gasteiger partial charge in [0, 0.05) is 38.5 Å². The van der Waals surface area contributed by atoms with Crippen molar-refractivity contribution in [2.75, 3.05) is 24.5 Å². The molecule has 0 aliphatic carbocycles. The van der Waals surface area contributed by atoms with Crippen molar-refractivity contribution in [1.82, 2.24) is 4.90 Å². The van der Waals surface area contributed by atoms with Crippen molar-refractivity contribution in [3.8, 4) is 0 Å². The Labute approximate surface area is 155 Å². The van der Waals surface area contributed by atoms with Crippen LogP contribution in [-0.4, -0.2) is 47.4 Å². The molecular formula is C19H22F2N2O4. The number of nitrogens with zero attached hydrogens (tertiary/aromatic N) is 2. The molecule has 146 valence electrons. The van der Waals surface area contributed by atoms with Crippen LogP contribution in [0.4, 0.5) is 14.5 Å². The zero-order chi connectivity index (χ0) is 19.6. The van der Waals surface area contributed by atoms with Gasteiger partial charge in [0.1, 0.15) is 11.6 Å². The predicted octanol–water partition coefficient (Wildman–Crippen LogP) is 2.42. The predicted molar refractivity (Wildman–Crippen MR) is 93.0 cm³/mol. The molecule has 0 radical (unpaired) electrons. The largest absolute Gasteiger partial charge is 0.481 e. The molecule has 2 aliphatic heterocycles. The number of rotatable bonds is 5. The number of hydrogen-bond acceptors (Lipinski definition) is 3. The summed E-state index contributed by atoms with van der Waals surface area (Å²) >= 11 is 0. The van der Waals surface area contributed by atoms with Crippen LogP contribution in [0.1, 0.15) is 32.1 Å². The van der Waals surface area contributed by atoms with Gasteiger partial charge in [0.2, 0.25) is 11.8 Å². The quantitative estimate of drug-likeness (QED) is 0.851. The van der Waals surface area contributed by atoms with Gasteiger partial charge in [-0.2, -0.15) is 0 Å². The van der Waals surface area contributed by atoms with Crippen LogP contribution in [0.3, 0.4) is 0 Å². The average molecular weight is 380 g/mol. The molecule has 0 spiro atoms. The van der Waals surface area contributed by atoms with E-state index < -0.39 is 23.5 Å². The molecule has 0 bridgehead atoms. The Kier molecular flexibility index (Phi) is 5.72. The summed E-state index contributed by atoms with van der Waals surface area (Å²) in [6.07, 6.45) is 2.27. The molecule has 2 fully saturated rings. The highest BCUT2D eigenvalue weighted by Crippen LogP contribution is 2.30. The highest BCUT2D eigenvalue weighted by atomic mass is 19.1. The number of anilines is 1. The van der Waals surface area contributed by atoms with Gasteiger partial charge in [-0.3, -0.25) is 14.4 Å². The van der Waals surface area contributed by atoms with Gasteiger partial charge in [-0.15, -0.1) is 0 Å². The number of aliphatic carboxylic acids is 1. The van der Waals surface area contributed by atoms with E-state index in [4.69, 9.17) is 5.11 Å². The second kappa shape index (κ2) is 8.02. The maximum atomic E-state index is 14.0. The number of hydrogen-bond donors (Lipinski definition) is 1. The van der Waals surface area contributed by atoms with Gasteiger partial charge < -0.3 is 14.9 Å². The first-order valence-corrected chi connectivity index (χ1v) is 9.11. The molecule has 2 heterocycles. The van der Waals surface area contributed by atoms with Gasteiger partial charge in [0.25, 0.3) is 0 Å². The van der Waals surface area contributed by atoms with Crippen LogP contribution in [0, 0.1) is 23.5 Å². The topological polar surface area (TPSA) is 77.9 Å². The van der Waals surface area contributed by atoms with Crippen LogP contribution in [0.25, 0.3) is 0 Å². The minimum Gasteiger partial charge on any atom is -0.481 e. The number of carboxylic acids is 1. The Morgan fingerprint density at radius 2 is 2.00 bits per heavy atom. The van der Waals surface area contributed by atoms with Gasteiger partial charge in [-0.05, 0) is 37.3 Å². The van der Waals surface area contributed by atoms with Crippen LogP contribution in [0.15, 0.2) is 18.2 Å². The lowest BCUT2D eigenvalue weighted by atomic mass is 9.92. The van der Waals surface area contributed by atoms with E-state index in [1.165, 1.54) is 11.0 Å². The normalized spacial score (nSPS) is 23.0. The van der Waals surface area contributed by atoms with E-state index >= 15 is 0 Å². The highest BCUT2D eigenvalue weighted by molar-refractivity contribution is 6.00. The fourth-order valence-corrected chi connectivity index (χ4v) is 3.89. The lowest BCUT2D eigenvalue weighted by Gasteiger charge is -2.34. The van der Waals surface area contributed by atoms with Crippen molar-refractivity contribution >= 4 is 23.5 Å². The number of likely N-dealkylation sites (tertiary alicyclic amines) is 1. The van der Waals surface area contributed by atoms with E-state index in [2.05, 4.69) is 0 Å². The summed E-state index contributed by atoms with van der Waals surface area (Å²) in [5, 5.41) is 8.82. The van der Waals surface area contributed by atoms with E-state index in [1.807, 2.05) is 0 Å². The number of amides is 2. The van der Waals surface area contributed by atoms with Crippen LogP contribution >= 0.6 is 0 Å². The average Bonchev–Trinajstić information content (AvgIpc) is 3.01. The van der Waals surface area contributed by atoms with Crippen LogP contribution in [0.2, 0.25) is 0 Å². The molecule has 1 N–H and O–H groups in total. The lowest BCUT2D eigenvalue weighted by Crippen LogP contribution is -2.43. The Morgan fingerprint density at radius 1 is 1.22 bits per heavy atom. The summed E-state index contributed by atoms with van der Waals surface area (Å²) in [6.45, 7) is 1.14. The van der Waals surface area contributed by atoms with E-state index in [0.717, 1.165) is 25.0 Å². The summed E-state index contributed by atoms with van der Waals surface area (Å²) < 4.78 is 27.1. The summed E-state index contributed by atoms with van der Waals surface area (Å²) in [7, 11) is 0. The van der Waals surface area contributed by atoms with E-state index in [9.17, 15) is 23.2 Å². The van der Waals surface area contributed by atoms with Gasteiger partial charge in [0.15, 0.2) is 0 Å². The molecule has 1 aromatic carbocycles. The molecular weight excluding hydrogens is 358 g/mol. The van der Waals surface area contributed by atoms with Crippen molar-refractivity contribution in [2.24, 2.45) is 11.8 Å². The van der Waals surface area contributed by atoms with Crippen LogP contribution in [-0.2, 0) is 14.4 Å². The molecule has 3 rings (SSSR count). The van der Waals surface area contributed by atoms with E-state index in [1.54, 1.807) is 4.90 Å². The molecule has 0 aromatic heterocycles. The van der Waals surface area contributed by atoms with Crippen molar-refractivity contribution in [2.45, 2.75) is 32.1 Å². The smallest absolute Gasteiger partial charge is 0.303 e. The second-order valence-corrected chi connectivity index (χ2v) is 7.23. The van der Waals surface area contributed by atoms with Crippen molar-refractivity contribution < 1.29 is 28.3 Å². The first-order valence-electron chi connectivity index (χ1n) is 9.11. The Balaban J connectivity index is 1.64. The SMILES string of the molecule is O=C(O)CC[C@@H]1CCCN(C(=O)[C@@H]2CC(=O)N(c3ccc(F)cc3F)C2)C1. The number of carbonyl (C=O) groups excluding carboxylic acids is 2. The van der Waals surface area contributed by atoms with Crippen molar-refractivity contribution in [3.63, 3.8) is 0 Å². The molecule has 2 amide bonds. The van der Waals surface area contributed by atoms with Gasteiger partial charge in [0.05, 0.1) is 11.6 Å². The van der Waals surface area contributed by atoms with Gasteiger partial charge in [-0.1, -0.05) is 0 Å². The first-order chi connectivity index (χ1) is 12.8. The lowest BCUT2D eigenvalue weighted by molar-refractivity contribution is -0.138. The standard InChI is InChI=1S/C19H22F2N2O4/c20-14-4-5-16(15(21)9-14)23-11-13(8-17(23)24)19(27)22-7-1-2-12(10-22)3-6-18(25)26/h4-5,9,12-13H,1-3,6-8,10-11H2,(H,25,26)/t12-,13+/m0/s1. The summed E-state index contributed by atoms with van der Waals surface area (Å²) in [5.74, 6) is -3.36. The minimum absolute atomic E-state index is 0.00799. The number of piperidine rings is 1. The maximum absolute atomic E-state index is 14.0. The highest BCUT2D eigenvalue weighted by Gasteiger charge is 2.39. The number of benzene rings is 1. The van der Waals surface area contributed by atoms with Crippen molar-refractivity contribution in [1.29, 1.82) is 0 Å². The molecule has 0 unspecified atom stereocenters. The minimum atomic E-state index is -0.850. The third kappa shape index (κ3) is 4.43. The van der Waals surface area contributed by atoms with Crippen molar-refractivity contribution in [3.05, 3.63) is 29.8 Å². The summed E-state index contributed by atoms with van der Waals surface area (Å²) in [6, 6.07) is 3.01. The molecule has 8 heteroatoms. The number of halogens is 2. The monoisotopic (exact) mass is 380 g/mol. The third-order valence-electron chi connectivity index (χ3n) is 5.27. The Hall–Kier alpha value is -2.51. The first kappa shape index (κ1) is 19.3. The summed E-state index contributed by atoms with van der Waals surface area (Å²) in [5.41, 5.74) is -0.0188. The zero-order valence-corrected chi connectivity index (χ0v) is 14.9. The Bertz CT molecular complexity index is 755. The summed E-state index contributed by atoms with van der Waals surface area (Å²) in [4.78, 5) is 38.7. The van der Waals surface area contributed by atoms with Gasteiger partial charge >= 0.3 is 5.97 Å². The molecule has 2 aliphatic rings. The zero-order valence-electron chi connectivity index (χ0n) is 14.9. The number of carboxylic acid groups (broad SMARTS) is 1. The fourth-order valence-electron chi connectivity index (χ4n) is 3.89. The molecule has 2 atom stereocenters.